The minimum absolute atomic E-state index is 0.000434. The Hall–Kier alpha value is -3.08. The summed E-state index contributed by atoms with van der Waals surface area (Å²) < 4.78 is 0. The van der Waals surface area contributed by atoms with Gasteiger partial charge in [0.25, 0.3) is 5.91 Å². The molecule has 2 aromatic rings. The summed E-state index contributed by atoms with van der Waals surface area (Å²) in [5.74, 6) is -1.56. The van der Waals surface area contributed by atoms with Crippen LogP contribution in [0.25, 0.3) is 0 Å². The van der Waals surface area contributed by atoms with Gasteiger partial charge >= 0.3 is 5.95 Å². The van der Waals surface area contributed by atoms with Gasteiger partial charge < -0.3 is 15.2 Å². The van der Waals surface area contributed by atoms with Crippen molar-refractivity contribution in [3.8, 4) is 5.75 Å². The fourth-order valence-corrected chi connectivity index (χ4v) is 1.68. The molecule has 2 rings (SSSR count). The van der Waals surface area contributed by atoms with Crippen LogP contribution in [0.5, 0.6) is 5.75 Å². The molecule has 12 heteroatoms. The third kappa shape index (κ3) is 4.20. The highest BCUT2D eigenvalue weighted by Gasteiger charge is 2.16. The van der Waals surface area contributed by atoms with Gasteiger partial charge in [-0.2, -0.15) is 5.10 Å². The molecule has 23 heavy (non-hydrogen) atoms. The number of phenols is 1. The number of phenolic OH excluding ortho intramolecular Hbond substituents is 1. The van der Waals surface area contributed by atoms with E-state index in [4.69, 9.17) is 11.6 Å². The lowest BCUT2D eigenvalue weighted by Gasteiger charge is -2.04. The average molecular weight is 340 g/mol. The number of hydrazone groups is 1. The normalized spacial score (nSPS) is 11.3. The molecule has 0 atom stereocenters. The SMILES string of the molecule is C/C(Cn1nnc([N+](=O)[O-])n1)=N/NC(=O)c1ccc(Cl)cc1O. The third-order valence-corrected chi connectivity index (χ3v) is 2.76. The Bertz CT molecular complexity index is 788. The largest absolute Gasteiger partial charge is 0.514 e. The highest BCUT2D eigenvalue weighted by molar-refractivity contribution is 6.30. The number of nitrogens with one attached hydrogen (secondary N) is 1. The lowest BCUT2D eigenvalue weighted by atomic mass is 10.2. The number of hydrogen-bond donors (Lipinski definition) is 2. The molecule has 0 unspecified atom stereocenters. The van der Waals surface area contributed by atoms with Crippen molar-refractivity contribution >= 4 is 29.2 Å². The molecule has 0 aliphatic rings. The standard InChI is InChI=1S/C11H10ClN7O4/c1-6(5-18-16-11(15-17-18)19(22)23)13-14-10(21)8-3-2-7(12)4-9(8)20/h2-4,20H,5H2,1H3,(H,14,21)/b13-6-. The first-order valence-corrected chi connectivity index (χ1v) is 6.49. The summed E-state index contributed by atoms with van der Waals surface area (Å²) in [5, 5.41) is 34.3. The van der Waals surface area contributed by atoms with E-state index in [1.807, 2.05) is 0 Å². The second-order valence-corrected chi connectivity index (χ2v) is 4.76. The Morgan fingerprint density at radius 1 is 1.57 bits per heavy atom. The predicted molar refractivity (Wildman–Crippen MR) is 78.2 cm³/mol. The first-order chi connectivity index (χ1) is 10.9. The van der Waals surface area contributed by atoms with Crippen LogP contribution in [0.3, 0.4) is 0 Å². The quantitative estimate of drug-likeness (QED) is 0.463. The van der Waals surface area contributed by atoms with Gasteiger partial charge in [0.2, 0.25) is 0 Å². The van der Waals surface area contributed by atoms with Crippen LogP contribution in [0.15, 0.2) is 23.3 Å². The topological polar surface area (TPSA) is 148 Å². The van der Waals surface area contributed by atoms with Gasteiger partial charge in [-0.3, -0.25) is 4.79 Å². The second-order valence-electron chi connectivity index (χ2n) is 4.33. The van der Waals surface area contributed by atoms with Crippen LogP contribution in [0.2, 0.25) is 5.02 Å². The summed E-state index contributed by atoms with van der Waals surface area (Å²) in [6, 6.07) is 4.02. The molecular formula is C11H10ClN7O4. The number of benzene rings is 1. The Balaban J connectivity index is 2.00. The number of hydrogen-bond acceptors (Lipinski definition) is 8. The van der Waals surface area contributed by atoms with Crippen molar-refractivity contribution in [1.82, 2.24) is 25.6 Å². The molecule has 1 aromatic carbocycles. The molecule has 0 fully saturated rings. The molecule has 1 aromatic heterocycles. The van der Waals surface area contributed by atoms with Crippen molar-refractivity contribution in [2.24, 2.45) is 5.10 Å². The zero-order valence-corrected chi connectivity index (χ0v) is 12.4. The van der Waals surface area contributed by atoms with E-state index in [9.17, 15) is 20.0 Å². The predicted octanol–water partition coefficient (Wildman–Crippen LogP) is 0.746. The molecule has 2 N–H and O–H groups in total. The van der Waals surface area contributed by atoms with Crippen molar-refractivity contribution < 1.29 is 14.8 Å². The fraction of sp³-hybridized carbons (Fsp3) is 0.182. The highest BCUT2D eigenvalue weighted by Crippen LogP contribution is 2.21. The molecule has 120 valence electrons. The van der Waals surface area contributed by atoms with Gasteiger partial charge in [0.05, 0.1) is 21.5 Å². The van der Waals surface area contributed by atoms with E-state index in [0.717, 1.165) is 4.80 Å². The minimum atomic E-state index is -0.777. The zero-order chi connectivity index (χ0) is 17.0. The number of nitro groups is 1. The maximum Gasteiger partial charge on any atom is 0.514 e. The monoisotopic (exact) mass is 339 g/mol. The van der Waals surface area contributed by atoms with Crippen molar-refractivity contribution in [3.63, 3.8) is 0 Å². The van der Waals surface area contributed by atoms with Crippen molar-refractivity contribution in [3.05, 3.63) is 38.9 Å². The Morgan fingerprint density at radius 2 is 2.30 bits per heavy atom. The van der Waals surface area contributed by atoms with Gasteiger partial charge in [0.15, 0.2) is 0 Å². The van der Waals surface area contributed by atoms with Crippen molar-refractivity contribution in [2.45, 2.75) is 13.5 Å². The second kappa shape index (κ2) is 6.79. The van der Waals surface area contributed by atoms with E-state index in [1.165, 1.54) is 18.2 Å². The summed E-state index contributed by atoms with van der Waals surface area (Å²) >= 11 is 5.67. The Labute approximate surface area is 133 Å². The maximum absolute atomic E-state index is 11.9. The number of aromatic hydroxyl groups is 1. The number of amides is 1. The molecule has 0 aliphatic carbocycles. The molecule has 0 saturated carbocycles. The van der Waals surface area contributed by atoms with Gasteiger partial charge in [-0.15, -0.1) is 0 Å². The number of halogens is 1. The Morgan fingerprint density at radius 3 is 2.91 bits per heavy atom. The van der Waals surface area contributed by atoms with Gasteiger partial charge in [-0.25, -0.2) is 5.43 Å². The van der Waals surface area contributed by atoms with Crippen LogP contribution in [0.1, 0.15) is 17.3 Å². The van der Waals surface area contributed by atoms with Crippen LogP contribution >= 0.6 is 11.6 Å². The highest BCUT2D eigenvalue weighted by atomic mass is 35.5. The molecule has 1 amide bonds. The summed E-state index contributed by atoms with van der Waals surface area (Å²) in [5.41, 5.74) is 2.59. The summed E-state index contributed by atoms with van der Waals surface area (Å²) in [6.07, 6.45) is 0. The van der Waals surface area contributed by atoms with Crippen molar-refractivity contribution in [2.75, 3.05) is 0 Å². The Kier molecular flexibility index (Phi) is 4.81. The van der Waals surface area contributed by atoms with Crippen LogP contribution in [-0.2, 0) is 6.54 Å². The summed E-state index contributed by atoms with van der Waals surface area (Å²) in [7, 11) is 0. The van der Waals surface area contributed by atoms with Gasteiger partial charge in [-0.05, 0) is 30.0 Å². The lowest BCUT2D eigenvalue weighted by molar-refractivity contribution is -0.394. The van der Waals surface area contributed by atoms with Crippen LogP contribution in [0.4, 0.5) is 5.95 Å². The van der Waals surface area contributed by atoms with Crippen molar-refractivity contribution in [1.29, 1.82) is 0 Å². The first-order valence-electron chi connectivity index (χ1n) is 6.11. The lowest BCUT2D eigenvalue weighted by Crippen LogP contribution is -2.21. The number of aromatic nitrogens is 4. The molecule has 0 aliphatic heterocycles. The number of rotatable bonds is 5. The van der Waals surface area contributed by atoms with Crippen LogP contribution in [-0.4, -0.2) is 41.9 Å². The maximum atomic E-state index is 11.9. The molecule has 1 heterocycles. The van der Waals surface area contributed by atoms with E-state index in [0.29, 0.717) is 5.71 Å². The molecule has 0 spiro atoms. The minimum Gasteiger partial charge on any atom is -0.507 e. The van der Waals surface area contributed by atoms with Crippen LogP contribution < -0.4 is 5.43 Å². The number of nitrogens with zero attached hydrogens (tertiary/aromatic N) is 6. The van der Waals surface area contributed by atoms with E-state index in [-0.39, 0.29) is 22.9 Å². The van der Waals surface area contributed by atoms with Gasteiger partial charge in [0.1, 0.15) is 12.3 Å². The van der Waals surface area contributed by atoms with E-state index < -0.39 is 16.8 Å². The number of carbonyl (C=O) groups is 1. The molecular weight excluding hydrogens is 330 g/mol. The molecule has 0 bridgehead atoms. The smallest absolute Gasteiger partial charge is 0.507 e. The molecule has 11 nitrogen and oxygen atoms in total. The first kappa shape index (κ1) is 16.3. The number of tetrazole rings is 1. The van der Waals surface area contributed by atoms with E-state index in [2.05, 4.69) is 25.9 Å². The fourth-order valence-electron chi connectivity index (χ4n) is 1.52. The van der Waals surface area contributed by atoms with E-state index >= 15 is 0 Å². The molecule has 0 radical (unpaired) electrons. The van der Waals surface area contributed by atoms with Gasteiger partial charge in [-0.1, -0.05) is 16.4 Å². The van der Waals surface area contributed by atoms with E-state index in [1.54, 1.807) is 6.92 Å². The number of carbonyl (C=O) groups excluding carboxylic acids is 1. The van der Waals surface area contributed by atoms with Gasteiger partial charge in [0, 0.05) is 10.2 Å². The average Bonchev–Trinajstić information content (AvgIpc) is 2.93. The zero-order valence-electron chi connectivity index (χ0n) is 11.7. The van der Waals surface area contributed by atoms with Crippen LogP contribution in [0, 0.1) is 10.1 Å². The summed E-state index contributed by atoms with van der Waals surface area (Å²) in [4.78, 5) is 22.5. The summed E-state index contributed by atoms with van der Waals surface area (Å²) in [6.45, 7) is 1.55. The third-order valence-electron chi connectivity index (χ3n) is 2.53. The molecule has 0 saturated heterocycles.